The molecule has 0 bridgehead atoms. The number of hydrogen-bond acceptors (Lipinski definition) is 4. The Balaban J connectivity index is 1.81. The van der Waals surface area contributed by atoms with E-state index in [9.17, 15) is 18.4 Å². The number of hydrogen-bond donors (Lipinski definition) is 2. The molecule has 1 fully saturated rings. The minimum Gasteiger partial charge on any atom is -0.481 e. The van der Waals surface area contributed by atoms with Crippen LogP contribution in [0, 0.1) is 5.92 Å². The van der Waals surface area contributed by atoms with Crippen LogP contribution in [0.25, 0.3) is 10.9 Å². The van der Waals surface area contributed by atoms with Crippen LogP contribution in [0.15, 0.2) is 30.6 Å². The minimum atomic E-state index is -2.79. The summed E-state index contributed by atoms with van der Waals surface area (Å²) in [5, 5.41) is 12.2. The minimum absolute atomic E-state index is 0.0505. The van der Waals surface area contributed by atoms with Crippen molar-refractivity contribution in [3.63, 3.8) is 0 Å². The molecule has 2 aromatic rings. The molecule has 1 aliphatic carbocycles. The first-order chi connectivity index (χ1) is 11.4. The highest BCUT2D eigenvalue weighted by Crippen LogP contribution is 2.44. The standard InChI is InChI=1S/C16H15F2N3O3/c17-16(18)7-10(8-16)11(6-12(22)23)21-15(24)14-13-9(3-5-20-14)2-1-4-19-13/h1-5,10-11H,6-8H2,(H,21,24)(H,22,23). The molecule has 8 heteroatoms. The Morgan fingerprint density at radius 3 is 2.71 bits per heavy atom. The Morgan fingerprint density at radius 2 is 2.04 bits per heavy atom. The summed E-state index contributed by atoms with van der Waals surface area (Å²) >= 11 is 0. The van der Waals surface area contributed by atoms with Crippen molar-refractivity contribution >= 4 is 22.8 Å². The maximum atomic E-state index is 13.1. The van der Waals surface area contributed by atoms with E-state index >= 15 is 0 Å². The fraction of sp³-hybridized carbons (Fsp3) is 0.375. The predicted octanol–water partition coefficient (Wildman–Crippen LogP) is 2.25. The first-order valence-electron chi connectivity index (χ1n) is 7.46. The topological polar surface area (TPSA) is 92.2 Å². The SMILES string of the molecule is O=C(O)CC(NC(=O)c1nccc2cccnc12)C1CC(F)(F)C1. The lowest BCUT2D eigenvalue weighted by Crippen LogP contribution is -2.50. The van der Waals surface area contributed by atoms with Gasteiger partial charge in [-0.15, -0.1) is 0 Å². The van der Waals surface area contributed by atoms with E-state index in [2.05, 4.69) is 15.3 Å². The zero-order valence-electron chi connectivity index (χ0n) is 12.6. The molecule has 2 N–H and O–H groups in total. The van der Waals surface area contributed by atoms with Gasteiger partial charge >= 0.3 is 5.97 Å². The van der Waals surface area contributed by atoms with Gasteiger partial charge in [-0.05, 0) is 18.1 Å². The van der Waals surface area contributed by atoms with Gasteiger partial charge in [-0.2, -0.15) is 0 Å². The number of aliphatic carboxylic acids is 1. The Labute approximate surface area is 135 Å². The monoisotopic (exact) mass is 335 g/mol. The molecule has 24 heavy (non-hydrogen) atoms. The van der Waals surface area contributed by atoms with Crippen LogP contribution in [0.2, 0.25) is 0 Å². The number of fused-ring (bicyclic) bond motifs is 1. The molecule has 1 saturated carbocycles. The number of carboxylic acid groups (broad SMARTS) is 1. The average molecular weight is 335 g/mol. The molecule has 2 aromatic heterocycles. The highest BCUT2D eigenvalue weighted by molar-refractivity contribution is 6.03. The fourth-order valence-corrected chi connectivity index (χ4v) is 2.92. The normalized spacial score (nSPS) is 17.9. The molecule has 0 spiro atoms. The number of nitrogens with one attached hydrogen (secondary N) is 1. The van der Waals surface area contributed by atoms with E-state index < -0.39 is 49.0 Å². The molecule has 1 amide bonds. The van der Waals surface area contributed by atoms with E-state index in [1.54, 1.807) is 18.2 Å². The van der Waals surface area contributed by atoms with Crippen molar-refractivity contribution < 1.29 is 23.5 Å². The third-order valence-corrected chi connectivity index (χ3v) is 4.14. The van der Waals surface area contributed by atoms with E-state index in [4.69, 9.17) is 5.11 Å². The lowest BCUT2D eigenvalue weighted by atomic mass is 9.75. The van der Waals surface area contributed by atoms with Gasteiger partial charge in [-0.3, -0.25) is 14.6 Å². The van der Waals surface area contributed by atoms with Gasteiger partial charge in [0.1, 0.15) is 5.52 Å². The van der Waals surface area contributed by atoms with Crippen molar-refractivity contribution in [2.45, 2.75) is 31.2 Å². The smallest absolute Gasteiger partial charge is 0.305 e. The van der Waals surface area contributed by atoms with Crippen LogP contribution in [0.3, 0.4) is 0 Å². The highest BCUT2D eigenvalue weighted by atomic mass is 19.3. The Bertz CT molecular complexity index is 784. The summed E-state index contributed by atoms with van der Waals surface area (Å²) in [6.45, 7) is 0. The van der Waals surface area contributed by atoms with Gasteiger partial charge in [0.15, 0.2) is 5.69 Å². The molecule has 0 radical (unpaired) electrons. The summed E-state index contributed by atoms with van der Waals surface area (Å²) in [4.78, 5) is 31.6. The van der Waals surface area contributed by atoms with Crippen LogP contribution >= 0.6 is 0 Å². The van der Waals surface area contributed by atoms with E-state index in [0.717, 1.165) is 0 Å². The van der Waals surface area contributed by atoms with Crippen LogP contribution < -0.4 is 5.32 Å². The van der Waals surface area contributed by atoms with Gasteiger partial charge in [0.05, 0.1) is 6.42 Å². The highest BCUT2D eigenvalue weighted by Gasteiger charge is 2.49. The Hall–Kier alpha value is -2.64. The maximum absolute atomic E-state index is 13.1. The second-order valence-corrected chi connectivity index (χ2v) is 5.94. The summed E-state index contributed by atoms with van der Waals surface area (Å²) in [6, 6.07) is 4.31. The number of alkyl halides is 2. The molecular formula is C16H15F2N3O3. The number of carbonyl (C=O) groups is 2. The van der Waals surface area contributed by atoms with Crippen molar-refractivity contribution in [1.29, 1.82) is 0 Å². The summed E-state index contributed by atoms with van der Waals surface area (Å²) in [5.74, 6) is -5.12. The quantitative estimate of drug-likeness (QED) is 0.874. The molecule has 126 valence electrons. The molecule has 1 aliphatic rings. The Morgan fingerprint density at radius 1 is 1.29 bits per heavy atom. The summed E-state index contributed by atoms with van der Waals surface area (Å²) in [5.41, 5.74) is 0.431. The number of pyridine rings is 2. The number of carboxylic acids is 1. The molecule has 0 aromatic carbocycles. The summed E-state index contributed by atoms with van der Waals surface area (Å²) in [6.07, 6.45) is 1.70. The van der Waals surface area contributed by atoms with E-state index in [1.807, 2.05) is 0 Å². The number of nitrogens with zero attached hydrogens (tertiary/aromatic N) is 2. The van der Waals surface area contributed by atoms with Crippen molar-refractivity contribution in [2.24, 2.45) is 5.92 Å². The van der Waals surface area contributed by atoms with Gasteiger partial charge < -0.3 is 10.4 Å². The largest absolute Gasteiger partial charge is 0.481 e. The first kappa shape index (κ1) is 16.2. The number of carbonyl (C=O) groups excluding carboxylic acids is 1. The van der Waals surface area contributed by atoms with Gasteiger partial charge in [-0.1, -0.05) is 6.07 Å². The van der Waals surface area contributed by atoms with Crippen molar-refractivity contribution in [1.82, 2.24) is 15.3 Å². The molecular weight excluding hydrogens is 320 g/mol. The van der Waals surface area contributed by atoms with Crippen LogP contribution in [0.4, 0.5) is 8.78 Å². The van der Waals surface area contributed by atoms with Gasteiger partial charge in [0.2, 0.25) is 5.92 Å². The van der Waals surface area contributed by atoms with Gasteiger partial charge in [-0.25, -0.2) is 13.8 Å². The predicted molar refractivity (Wildman–Crippen MR) is 80.7 cm³/mol. The average Bonchev–Trinajstić information content (AvgIpc) is 2.50. The molecule has 2 heterocycles. The molecule has 3 rings (SSSR count). The third-order valence-electron chi connectivity index (χ3n) is 4.14. The lowest BCUT2D eigenvalue weighted by molar-refractivity contribution is -0.142. The van der Waals surface area contributed by atoms with Gasteiger partial charge in [0.25, 0.3) is 5.91 Å². The fourth-order valence-electron chi connectivity index (χ4n) is 2.92. The molecule has 1 unspecified atom stereocenters. The molecule has 1 atom stereocenters. The Kier molecular flexibility index (Phi) is 4.13. The second kappa shape index (κ2) is 6.10. The van der Waals surface area contributed by atoms with Crippen LogP contribution in [-0.2, 0) is 4.79 Å². The zero-order valence-corrected chi connectivity index (χ0v) is 12.6. The van der Waals surface area contributed by atoms with Crippen LogP contribution in [-0.4, -0.2) is 38.9 Å². The first-order valence-corrected chi connectivity index (χ1v) is 7.46. The summed E-state index contributed by atoms with van der Waals surface area (Å²) < 4.78 is 26.1. The summed E-state index contributed by atoms with van der Waals surface area (Å²) in [7, 11) is 0. The number of amides is 1. The third kappa shape index (κ3) is 3.32. The zero-order chi connectivity index (χ0) is 17.3. The number of halogens is 2. The van der Waals surface area contributed by atoms with Crippen molar-refractivity contribution in [3.8, 4) is 0 Å². The van der Waals surface area contributed by atoms with Crippen molar-refractivity contribution in [2.75, 3.05) is 0 Å². The van der Waals surface area contributed by atoms with Gasteiger partial charge in [0, 0.05) is 36.7 Å². The molecule has 0 saturated heterocycles. The number of aromatic nitrogens is 2. The van der Waals surface area contributed by atoms with Crippen molar-refractivity contribution in [3.05, 3.63) is 36.3 Å². The molecule has 0 aliphatic heterocycles. The number of rotatable bonds is 5. The van der Waals surface area contributed by atoms with Crippen LogP contribution in [0.5, 0.6) is 0 Å². The molecule has 6 nitrogen and oxygen atoms in total. The lowest BCUT2D eigenvalue weighted by Gasteiger charge is -2.39. The van der Waals surface area contributed by atoms with E-state index in [-0.39, 0.29) is 5.69 Å². The second-order valence-electron chi connectivity index (χ2n) is 5.94. The van der Waals surface area contributed by atoms with Crippen LogP contribution in [0.1, 0.15) is 29.8 Å². The maximum Gasteiger partial charge on any atom is 0.305 e. The van der Waals surface area contributed by atoms with E-state index in [0.29, 0.717) is 10.9 Å². The van der Waals surface area contributed by atoms with E-state index in [1.165, 1.54) is 12.4 Å².